The van der Waals surface area contributed by atoms with Gasteiger partial charge in [-0.1, -0.05) is 12.1 Å². The Balaban J connectivity index is 1.43. The highest BCUT2D eigenvalue weighted by Gasteiger charge is 2.06. The molecule has 0 bridgehead atoms. The summed E-state index contributed by atoms with van der Waals surface area (Å²) in [6.45, 7) is 4.40. The Morgan fingerprint density at radius 3 is 2.21 bits per heavy atom. The van der Waals surface area contributed by atoms with Crippen LogP contribution in [0.1, 0.15) is 33.2 Å². The lowest BCUT2D eigenvalue weighted by Crippen LogP contribution is -2.28. The molecule has 29 heavy (non-hydrogen) atoms. The molecule has 3 aromatic rings. The Morgan fingerprint density at radius 2 is 1.55 bits per heavy atom. The van der Waals surface area contributed by atoms with E-state index in [-0.39, 0.29) is 11.7 Å². The fourth-order valence-corrected chi connectivity index (χ4v) is 2.55. The molecular weight excluding hydrogens is 368 g/mol. The number of carbonyl (C=O) groups excluding carboxylic acids is 2. The molecule has 3 rings (SSSR count). The molecule has 0 fully saturated rings. The zero-order valence-corrected chi connectivity index (χ0v) is 16.3. The number of amides is 1. The summed E-state index contributed by atoms with van der Waals surface area (Å²) in [6, 6.07) is 14.0. The summed E-state index contributed by atoms with van der Waals surface area (Å²) in [6.07, 6.45) is 1.73. The molecule has 0 saturated carbocycles. The third-order valence-electron chi connectivity index (χ3n) is 4.11. The monoisotopic (exact) mass is 390 g/mol. The molecular formula is C21H22N6O2. The molecule has 0 atom stereocenters. The Labute approximate surface area is 168 Å². The first-order valence-corrected chi connectivity index (χ1v) is 9.18. The van der Waals surface area contributed by atoms with Gasteiger partial charge in [-0.15, -0.1) is 10.2 Å². The molecule has 1 aromatic carbocycles. The zero-order valence-electron chi connectivity index (χ0n) is 16.3. The van der Waals surface area contributed by atoms with E-state index in [1.165, 1.54) is 6.92 Å². The highest BCUT2D eigenvalue weighted by Crippen LogP contribution is 2.13. The van der Waals surface area contributed by atoms with Crippen LogP contribution in [0.2, 0.25) is 0 Å². The molecule has 0 unspecified atom stereocenters. The molecule has 0 aliphatic carbocycles. The molecule has 2 aromatic heterocycles. The van der Waals surface area contributed by atoms with Crippen LogP contribution in [0.4, 0.5) is 17.5 Å². The number of aromatic nitrogens is 3. The minimum atomic E-state index is -0.196. The number of aryl methyl sites for hydroxylation is 1. The van der Waals surface area contributed by atoms with Gasteiger partial charge < -0.3 is 16.0 Å². The summed E-state index contributed by atoms with van der Waals surface area (Å²) in [4.78, 5) is 27.6. The first-order chi connectivity index (χ1) is 14.0. The number of ketones is 1. The van der Waals surface area contributed by atoms with Crippen molar-refractivity contribution in [2.24, 2.45) is 0 Å². The second kappa shape index (κ2) is 9.41. The largest absolute Gasteiger partial charge is 0.367 e. The number of nitrogens with zero attached hydrogens (tertiary/aromatic N) is 3. The van der Waals surface area contributed by atoms with Gasteiger partial charge in [-0.2, -0.15) is 0 Å². The highest BCUT2D eigenvalue weighted by atomic mass is 16.1. The molecule has 0 radical (unpaired) electrons. The number of Topliss-reactive ketones (excluding diaryl/α,β-unsaturated/α-hetero) is 1. The average Bonchev–Trinajstić information content (AvgIpc) is 2.72. The maximum atomic E-state index is 12.1. The lowest BCUT2D eigenvalue weighted by molar-refractivity contribution is 0.0953. The van der Waals surface area contributed by atoms with Crippen LogP contribution in [0.15, 0.2) is 54.7 Å². The maximum Gasteiger partial charge on any atom is 0.251 e. The number of nitrogens with one attached hydrogen (secondary N) is 3. The SMILES string of the molecule is CC(=O)c1ccc(C(=O)NCCNc2ccc(Nc3cc(C)ccn3)nn2)cc1. The predicted octanol–water partition coefficient (Wildman–Crippen LogP) is 2.97. The Morgan fingerprint density at radius 1 is 0.862 bits per heavy atom. The van der Waals surface area contributed by atoms with Crippen molar-refractivity contribution in [1.82, 2.24) is 20.5 Å². The van der Waals surface area contributed by atoms with Gasteiger partial charge >= 0.3 is 0 Å². The summed E-state index contributed by atoms with van der Waals surface area (Å²) in [5.41, 5.74) is 2.19. The van der Waals surface area contributed by atoms with Crippen LogP contribution in [0.5, 0.6) is 0 Å². The van der Waals surface area contributed by atoms with Gasteiger partial charge in [-0.05, 0) is 55.8 Å². The van der Waals surface area contributed by atoms with Crippen LogP contribution in [0.25, 0.3) is 0 Å². The summed E-state index contributed by atoms with van der Waals surface area (Å²) in [7, 11) is 0. The fraction of sp³-hybridized carbons (Fsp3) is 0.190. The second-order valence-electron chi connectivity index (χ2n) is 6.46. The summed E-state index contributed by atoms with van der Waals surface area (Å²) in [5, 5.41) is 17.2. The van der Waals surface area contributed by atoms with E-state index in [1.807, 2.05) is 19.1 Å². The molecule has 3 N–H and O–H groups in total. The van der Waals surface area contributed by atoms with Crippen molar-refractivity contribution in [2.45, 2.75) is 13.8 Å². The molecule has 148 valence electrons. The van der Waals surface area contributed by atoms with Gasteiger partial charge in [0.2, 0.25) is 0 Å². The minimum absolute atomic E-state index is 0.0290. The molecule has 0 aliphatic heterocycles. The first-order valence-electron chi connectivity index (χ1n) is 9.18. The highest BCUT2D eigenvalue weighted by molar-refractivity contribution is 5.97. The lowest BCUT2D eigenvalue weighted by Gasteiger charge is -2.08. The normalized spacial score (nSPS) is 10.3. The van der Waals surface area contributed by atoms with E-state index < -0.39 is 0 Å². The van der Waals surface area contributed by atoms with Crippen LogP contribution in [0.3, 0.4) is 0 Å². The van der Waals surface area contributed by atoms with Gasteiger partial charge in [0.1, 0.15) is 11.6 Å². The second-order valence-corrected chi connectivity index (χ2v) is 6.46. The van der Waals surface area contributed by atoms with Crippen LogP contribution in [-0.2, 0) is 0 Å². The van der Waals surface area contributed by atoms with Gasteiger partial charge in [0.15, 0.2) is 11.6 Å². The lowest BCUT2D eigenvalue weighted by atomic mass is 10.1. The average molecular weight is 390 g/mol. The number of pyridine rings is 1. The predicted molar refractivity (Wildman–Crippen MR) is 112 cm³/mol. The van der Waals surface area contributed by atoms with Crippen molar-refractivity contribution >= 4 is 29.1 Å². The van der Waals surface area contributed by atoms with Crippen molar-refractivity contribution in [3.63, 3.8) is 0 Å². The number of carbonyl (C=O) groups is 2. The molecule has 8 heteroatoms. The van der Waals surface area contributed by atoms with Gasteiger partial charge in [0.25, 0.3) is 5.91 Å². The minimum Gasteiger partial charge on any atom is -0.367 e. The van der Waals surface area contributed by atoms with E-state index in [9.17, 15) is 9.59 Å². The molecule has 1 amide bonds. The van der Waals surface area contributed by atoms with Crippen LogP contribution in [-0.4, -0.2) is 40.0 Å². The summed E-state index contributed by atoms with van der Waals surface area (Å²) in [5.74, 6) is 1.68. The van der Waals surface area contributed by atoms with Gasteiger partial charge in [0, 0.05) is 30.4 Å². The van der Waals surface area contributed by atoms with Crippen LogP contribution < -0.4 is 16.0 Å². The molecule has 2 heterocycles. The van der Waals surface area contributed by atoms with Crippen molar-refractivity contribution in [3.8, 4) is 0 Å². The van der Waals surface area contributed by atoms with Crippen molar-refractivity contribution in [3.05, 3.63) is 71.4 Å². The first kappa shape index (κ1) is 19.9. The van der Waals surface area contributed by atoms with E-state index >= 15 is 0 Å². The molecule has 0 spiro atoms. The van der Waals surface area contributed by atoms with Crippen LogP contribution >= 0.6 is 0 Å². The number of hydrogen-bond acceptors (Lipinski definition) is 7. The number of rotatable bonds is 8. The van der Waals surface area contributed by atoms with Crippen molar-refractivity contribution in [2.75, 3.05) is 23.7 Å². The smallest absolute Gasteiger partial charge is 0.251 e. The van der Waals surface area contributed by atoms with Crippen molar-refractivity contribution in [1.29, 1.82) is 0 Å². The van der Waals surface area contributed by atoms with E-state index in [4.69, 9.17) is 0 Å². The summed E-state index contributed by atoms with van der Waals surface area (Å²) >= 11 is 0. The van der Waals surface area contributed by atoms with Crippen LogP contribution in [0, 0.1) is 6.92 Å². The Kier molecular flexibility index (Phi) is 6.47. The maximum absolute atomic E-state index is 12.1. The molecule has 0 saturated heterocycles. The Hall–Kier alpha value is -3.81. The third kappa shape index (κ3) is 5.83. The van der Waals surface area contributed by atoms with Crippen molar-refractivity contribution < 1.29 is 9.59 Å². The van der Waals surface area contributed by atoms with E-state index in [0.29, 0.717) is 41.7 Å². The fourth-order valence-electron chi connectivity index (χ4n) is 2.55. The number of hydrogen-bond donors (Lipinski definition) is 3. The Bertz CT molecular complexity index is 987. The third-order valence-corrected chi connectivity index (χ3v) is 4.11. The number of benzene rings is 1. The molecule has 8 nitrogen and oxygen atoms in total. The molecule has 0 aliphatic rings. The number of anilines is 3. The standard InChI is InChI=1S/C21H22N6O2/c1-14-9-10-22-20(13-14)25-19-8-7-18(26-27-19)23-11-12-24-21(29)17-5-3-16(4-6-17)15(2)28/h3-10,13H,11-12H2,1-2H3,(H,23,26)(H,24,29)(H,22,25,27). The quantitative estimate of drug-likeness (QED) is 0.401. The van der Waals surface area contributed by atoms with E-state index in [2.05, 4.69) is 31.1 Å². The van der Waals surface area contributed by atoms with E-state index in [1.54, 1.807) is 42.6 Å². The van der Waals surface area contributed by atoms with E-state index in [0.717, 1.165) is 5.56 Å². The van der Waals surface area contributed by atoms with Gasteiger partial charge in [0.05, 0.1) is 0 Å². The van der Waals surface area contributed by atoms with Gasteiger partial charge in [-0.3, -0.25) is 9.59 Å². The zero-order chi connectivity index (χ0) is 20.6. The van der Waals surface area contributed by atoms with Gasteiger partial charge in [-0.25, -0.2) is 4.98 Å². The summed E-state index contributed by atoms with van der Waals surface area (Å²) < 4.78 is 0. The topological polar surface area (TPSA) is 109 Å².